The van der Waals surface area contributed by atoms with Gasteiger partial charge in [-0.25, -0.2) is 4.79 Å². The molecule has 0 radical (unpaired) electrons. The Labute approximate surface area is 137 Å². The van der Waals surface area contributed by atoms with Gasteiger partial charge in [0.15, 0.2) is 0 Å². The van der Waals surface area contributed by atoms with Gasteiger partial charge in [-0.05, 0) is 39.7 Å². The van der Waals surface area contributed by atoms with Crippen LogP contribution in [0.5, 0.6) is 5.75 Å². The molecule has 0 saturated heterocycles. The average Bonchev–Trinajstić information content (AvgIpc) is 2.99. The molecule has 22 heavy (non-hydrogen) atoms. The number of hydrogen-bond acceptors (Lipinski definition) is 4. The zero-order valence-corrected chi connectivity index (χ0v) is 15.1. The first-order chi connectivity index (χ1) is 10.5. The molecule has 0 aliphatic heterocycles. The van der Waals surface area contributed by atoms with Crippen molar-refractivity contribution in [3.05, 3.63) is 45.1 Å². The Morgan fingerprint density at radius 2 is 1.86 bits per heavy atom. The predicted octanol–water partition coefficient (Wildman–Crippen LogP) is 5.23. The topological polar surface area (TPSA) is 35.5 Å². The number of ether oxygens (including phenoxy) is 2. The van der Waals surface area contributed by atoms with E-state index in [1.165, 1.54) is 10.2 Å². The maximum atomic E-state index is 11.8. The molecular formula is C17H21O3PS. The maximum absolute atomic E-state index is 11.8. The van der Waals surface area contributed by atoms with E-state index < -0.39 is 0 Å². The Balaban J connectivity index is 2.24. The molecule has 2 aromatic rings. The summed E-state index contributed by atoms with van der Waals surface area (Å²) in [7, 11) is 0.950. The molecule has 0 aliphatic rings. The number of carbonyl (C=O) groups excluding carboxylic acids is 1. The van der Waals surface area contributed by atoms with Crippen LogP contribution in [0.4, 0.5) is 0 Å². The first-order valence-corrected chi connectivity index (χ1v) is 9.13. The van der Waals surface area contributed by atoms with Crippen LogP contribution in [0.2, 0.25) is 0 Å². The second-order valence-corrected chi connectivity index (χ2v) is 7.68. The molecule has 3 nitrogen and oxygen atoms in total. The minimum Gasteiger partial charge on any atom is -0.494 e. The Hall–Kier alpha value is -1.38. The third-order valence-electron chi connectivity index (χ3n) is 3.41. The van der Waals surface area contributed by atoms with Crippen LogP contribution in [-0.2, 0) is 10.2 Å². The Kier molecular flexibility index (Phi) is 5.60. The summed E-state index contributed by atoms with van der Waals surface area (Å²) in [4.78, 5) is 11.8. The van der Waals surface area contributed by atoms with Gasteiger partial charge in [-0.3, -0.25) is 0 Å². The summed E-state index contributed by atoms with van der Waals surface area (Å²) in [5.74, 6) is 0.670. The molecule has 1 aromatic heterocycles. The summed E-state index contributed by atoms with van der Waals surface area (Å²) < 4.78 is 11.8. The molecule has 0 bridgehead atoms. The first-order valence-electron chi connectivity index (χ1n) is 7.35. The number of rotatable bonds is 6. The van der Waals surface area contributed by atoms with Gasteiger partial charge in [0.05, 0.1) is 18.5 Å². The fourth-order valence-electron chi connectivity index (χ4n) is 2.12. The third kappa shape index (κ3) is 3.68. The molecule has 0 atom stereocenters. The fraction of sp³-hybridized carbons (Fsp3) is 0.412. The zero-order valence-electron chi connectivity index (χ0n) is 13.4. The van der Waals surface area contributed by atoms with E-state index in [9.17, 15) is 4.79 Å². The third-order valence-corrected chi connectivity index (χ3v) is 6.58. The SMILES string of the molecule is CCOC(=O)c1csc(C(C)(C)c2ccc(OCC)cc2)p1. The highest BCUT2D eigenvalue weighted by molar-refractivity contribution is 7.43. The quantitative estimate of drug-likeness (QED) is 0.678. The monoisotopic (exact) mass is 336 g/mol. The van der Waals surface area contributed by atoms with Crippen LogP contribution in [0.15, 0.2) is 29.6 Å². The molecular weight excluding hydrogens is 315 g/mol. The van der Waals surface area contributed by atoms with Crippen molar-refractivity contribution in [1.82, 2.24) is 0 Å². The van der Waals surface area contributed by atoms with Crippen molar-refractivity contribution in [2.24, 2.45) is 0 Å². The molecule has 1 heterocycles. The summed E-state index contributed by atoms with van der Waals surface area (Å²) in [6.07, 6.45) is 0. The van der Waals surface area contributed by atoms with Crippen LogP contribution in [0.25, 0.3) is 0 Å². The molecule has 0 amide bonds. The van der Waals surface area contributed by atoms with E-state index >= 15 is 0 Å². The zero-order chi connectivity index (χ0) is 16.2. The fourth-order valence-corrected chi connectivity index (χ4v) is 4.67. The van der Waals surface area contributed by atoms with Gasteiger partial charge in [0, 0.05) is 15.4 Å². The van der Waals surface area contributed by atoms with Crippen LogP contribution in [-0.4, -0.2) is 19.2 Å². The van der Waals surface area contributed by atoms with Crippen molar-refractivity contribution >= 4 is 25.5 Å². The number of benzene rings is 1. The lowest BCUT2D eigenvalue weighted by Gasteiger charge is -2.23. The second kappa shape index (κ2) is 7.26. The first kappa shape index (κ1) is 17.0. The van der Waals surface area contributed by atoms with E-state index in [4.69, 9.17) is 9.47 Å². The molecule has 1 aromatic carbocycles. The van der Waals surface area contributed by atoms with Crippen LogP contribution >= 0.6 is 19.5 Å². The lowest BCUT2D eigenvalue weighted by Crippen LogP contribution is -2.16. The number of esters is 1. The molecule has 0 spiro atoms. The van der Waals surface area contributed by atoms with Gasteiger partial charge < -0.3 is 9.47 Å². The highest BCUT2D eigenvalue weighted by Gasteiger charge is 2.27. The standard InChI is InChI=1S/C17H21O3PS/c1-5-19-13-9-7-12(8-10-13)17(3,4)16-21-14(11-22-16)15(18)20-6-2/h7-11H,5-6H2,1-4H3. The van der Waals surface area contributed by atoms with Crippen molar-refractivity contribution < 1.29 is 14.3 Å². The second-order valence-electron chi connectivity index (χ2n) is 5.34. The molecule has 0 fully saturated rings. The predicted molar refractivity (Wildman–Crippen MR) is 92.5 cm³/mol. The van der Waals surface area contributed by atoms with E-state index in [1.54, 1.807) is 11.3 Å². The van der Waals surface area contributed by atoms with E-state index in [-0.39, 0.29) is 11.4 Å². The molecule has 118 valence electrons. The minimum atomic E-state index is -0.214. The van der Waals surface area contributed by atoms with Crippen LogP contribution in [0, 0.1) is 0 Å². The van der Waals surface area contributed by atoms with Crippen LogP contribution in [0.3, 0.4) is 0 Å². The van der Waals surface area contributed by atoms with E-state index in [0.29, 0.717) is 13.2 Å². The smallest absolute Gasteiger partial charge is 0.343 e. The van der Waals surface area contributed by atoms with E-state index in [1.807, 2.05) is 31.4 Å². The summed E-state index contributed by atoms with van der Waals surface area (Å²) in [6.45, 7) is 9.24. The largest absolute Gasteiger partial charge is 0.494 e. The Bertz CT molecular complexity index is 632. The average molecular weight is 336 g/mol. The summed E-state index contributed by atoms with van der Waals surface area (Å²) in [5.41, 5.74) is 1.09. The summed E-state index contributed by atoms with van der Waals surface area (Å²) in [6, 6.07) is 8.18. The van der Waals surface area contributed by atoms with Gasteiger partial charge in [0.25, 0.3) is 0 Å². The minimum absolute atomic E-state index is 0.123. The van der Waals surface area contributed by atoms with Gasteiger partial charge in [0.1, 0.15) is 5.75 Å². The van der Waals surface area contributed by atoms with Crippen molar-refractivity contribution in [1.29, 1.82) is 0 Å². The molecule has 2 rings (SSSR count). The molecule has 0 unspecified atom stereocenters. The van der Waals surface area contributed by atoms with Gasteiger partial charge in [-0.15, -0.1) is 11.3 Å². The van der Waals surface area contributed by atoms with Gasteiger partial charge in [-0.2, -0.15) is 0 Å². The maximum Gasteiger partial charge on any atom is 0.343 e. The lowest BCUT2D eigenvalue weighted by molar-refractivity contribution is 0.0532. The molecule has 0 N–H and O–H groups in total. The van der Waals surface area contributed by atoms with Crippen molar-refractivity contribution in [2.75, 3.05) is 13.2 Å². The van der Waals surface area contributed by atoms with Crippen LogP contribution in [0.1, 0.15) is 48.0 Å². The van der Waals surface area contributed by atoms with Crippen molar-refractivity contribution in [3.8, 4) is 5.75 Å². The summed E-state index contributed by atoms with van der Waals surface area (Å²) >= 11 is 1.63. The molecule has 0 saturated carbocycles. The molecule has 0 aliphatic carbocycles. The lowest BCUT2D eigenvalue weighted by atomic mass is 9.87. The van der Waals surface area contributed by atoms with Gasteiger partial charge in [0.2, 0.25) is 0 Å². The Morgan fingerprint density at radius 1 is 1.18 bits per heavy atom. The highest BCUT2D eigenvalue weighted by atomic mass is 32.1. The summed E-state index contributed by atoms with van der Waals surface area (Å²) in [5, 5.41) is 2.63. The van der Waals surface area contributed by atoms with E-state index in [0.717, 1.165) is 19.2 Å². The van der Waals surface area contributed by atoms with Gasteiger partial charge >= 0.3 is 5.97 Å². The normalized spacial score (nSPS) is 11.6. The Morgan fingerprint density at radius 3 is 2.45 bits per heavy atom. The number of carbonyl (C=O) groups is 1. The number of hydrogen-bond donors (Lipinski definition) is 0. The van der Waals surface area contributed by atoms with Crippen molar-refractivity contribution in [2.45, 2.75) is 33.1 Å². The molecule has 5 heteroatoms. The highest BCUT2D eigenvalue weighted by Crippen LogP contribution is 2.42. The van der Waals surface area contributed by atoms with Crippen LogP contribution < -0.4 is 4.74 Å². The van der Waals surface area contributed by atoms with Gasteiger partial charge in [-0.1, -0.05) is 26.0 Å². The van der Waals surface area contributed by atoms with Crippen molar-refractivity contribution in [3.63, 3.8) is 0 Å². The van der Waals surface area contributed by atoms with E-state index in [2.05, 4.69) is 26.0 Å².